The van der Waals surface area contributed by atoms with E-state index in [2.05, 4.69) is 39.4 Å². The molecule has 0 atom stereocenters. The molecule has 35 heavy (non-hydrogen) atoms. The van der Waals surface area contributed by atoms with Gasteiger partial charge in [0.25, 0.3) is 0 Å². The van der Waals surface area contributed by atoms with Crippen molar-refractivity contribution in [3.05, 3.63) is 53.5 Å². The summed E-state index contributed by atoms with van der Waals surface area (Å²) in [6, 6.07) is 6.47. The molecule has 0 spiro atoms. The normalized spacial score (nSPS) is 17.2. The van der Waals surface area contributed by atoms with Gasteiger partial charge in [-0.1, -0.05) is 30.2 Å². The number of hydrogen-bond acceptors (Lipinski definition) is 5. The molecule has 2 aliphatic rings. The largest absolute Gasteiger partial charge is 0.383 e. The zero-order chi connectivity index (χ0) is 24.7. The summed E-state index contributed by atoms with van der Waals surface area (Å²) in [6.07, 6.45) is 4.90. The number of nitrogens with two attached hydrogens (primary N) is 1. The molecule has 2 aromatic heterocycles. The van der Waals surface area contributed by atoms with Crippen LogP contribution in [0.1, 0.15) is 24.1 Å². The average Bonchev–Trinajstić information content (AvgIpc) is 3.12. The SMILES string of the molecule is C=CC(=O)N1CCC(N2CC(C#Cc3c(-c4ccc(Cl)c(C)c4)c4c(N)ncnc4n3C)C2)CC1. The van der Waals surface area contributed by atoms with Gasteiger partial charge in [-0.3, -0.25) is 9.69 Å². The van der Waals surface area contributed by atoms with Crippen molar-refractivity contribution >= 4 is 34.4 Å². The molecule has 2 saturated heterocycles. The number of carbonyl (C=O) groups is 1. The number of carbonyl (C=O) groups excluding carboxylic acids is 1. The Morgan fingerprint density at radius 2 is 2.00 bits per heavy atom. The Hall–Kier alpha value is -3.34. The zero-order valence-corrected chi connectivity index (χ0v) is 20.8. The highest BCUT2D eigenvalue weighted by molar-refractivity contribution is 6.31. The van der Waals surface area contributed by atoms with Gasteiger partial charge in [-0.25, -0.2) is 9.97 Å². The highest BCUT2D eigenvalue weighted by Gasteiger charge is 2.34. The Morgan fingerprint density at radius 1 is 1.26 bits per heavy atom. The number of aromatic nitrogens is 3. The first-order valence-electron chi connectivity index (χ1n) is 11.9. The molecular formula is C27H29ClN6O. The summed E-state index contributed by atoms with van der Waals surface area (Å²) >= 11 is 6.29. The third-order valence-electron chi connectivity index (χ3n) is 7.21. The Kier molecular flexibility index (Phi) is 6.26. The second kappa shape index (κ2) is 9.37. The standard InChI is InChI=1S/C27H29ClN6O/c1-4-23(35)33-11-9-20(10-12-33)34-14-18(15-34)5-8-22-24(19-6-7-21(28)17(2)13-19)25-26(29)30-16-31-27(25)32(22)3/h4,6-7,13,16,18,20H,1,9-12,14-15H2,2-3H3,(H2,29,30,31). The number of fused-ring (bicyclic) bond motifs is 1. The molecule has 0 radical (unpaired) electrons. The minimum Gasteiger partial charge on any atom is -0.383 e. The molecule has 5 rings (SSSR count). The number of nitrogens with zero attached hydrogens (tertiary/aromatic N) is 5. The monoisotopic (exact) mass is 488 g/mol. The van der Waals surface area contributed by atoms with E-state index in [1.807, 2.05) is 35.6 Å². The van der Waals surface area contributed by atoms with E-state index >= 15 is 0 Å². The fraction of sp³-hybridized carbons (Fsp3) is 0.370. The third kappa shape index (κ3) is 4.29. The van der Waals surface area contributed by atoms with Crippen LogP contribution < -0.4 is 5.73 Å². The van der Waals surface area contributed by atoms with Gasteiger partial charge in [-0.05, 0) is 55.0 Å². The summed E-state index contributed by atoms with van der Waals surface area (Å²) < 4.78 is 2.00. The van der Waals surface area contributed by atoms with E-state index in [-0.39, 0.29) is 5.91 Å². The molecule has 3 aromatic rings. The lowest BCUT2D eigenvalue weighted by atomic mass is 9.93. The molecule has 1 aromatic carbocycles. The number of aryl methyl sites for hydroxylation is 2. The van der Waals surface area contributed by atoms with Gasteiger partial charge >= 0.3 is 0 Å². The minimum absolute atomic E-state index is 0.0303. The third-order valence-corrected chi connectivity index (χ3v) is 7.64. The quantitative estimate of drug-likeness (QED) is 0.449. The van der Waals surface area contributed by atoms with E-state index in [9.17, 15) is 4.79 Å². The van der Waals surface area contributed by atoms with Gasteiger partial charge < -0.3 is 15.2 Å². The van der Waals surface area contributed by atoms with Crippen molar-refractivity contribution in [3.63, 3.8) is 0 Å². The Morgan fingerprint density at radius 3 is 2.69 bits per heavy atom. The number of hydrogen-bond donors (Lipinski definition) is 1. The molecule has 0 aliphatic carbocycles. The van der Waals surface area contributed by atoms with Gasteiger partial charge in [0.2, 0.25) is 5.91 Å². The zero-order valence-electron chi connectivity index (χ0n) is 20.1. The smallest absolute Gasteiger partial charge is 0.245 e. The fourth-order valence-electron chi connectivity index (χ4n) is 5.16. The molecular weight excluding hydrogens is 460 g/mol. The van der Waals surface area contributed by atoms with E-state index in [0.29, 0.717) is 17.8 Å². The lowest BCUT2D eigenvalue weighted by Gasteiger charge is -2.45. The van der Waals surface area contributed by atoms with Gasteiger partial charge in [0, 0.05) is 55.8 Å². The molecule has 7 nitrogen and oxygen atoms in total. The van der Waals surface area contributed by atoms with Gasteiger partial charge in [-0.2, -0.15) is 0 Å². The maximum Gasteiger partial charge on any atom is 0.245 e. The molecule has 0 unspecified atom stereocenters. The van der Waals surface area contributed by atoms with E-state index < -0.39 is 0 Å². The number of anilines is 1. The van der Waals surface area contributed by atoms with Crippen LogP contribution in [0, 0.1) is 24.7 Å². The first kappa shape index (κ1) is 23.4. The number of benzene rings is 1. The lowest BCUT2D eigenvalue weighted by Crippen LogP contribution is -2.55. The van der Waals surface area contributed by atoms with Gasteiger partial charge in [0.05, 0.1) is 5.39 Å². The summed E-state index contributed by atoms with van der Waals surface area (Å²) in [7, 11) is 1.97. The van der Waals surface area contributed by atoms with Crippen LogP contribution in [-0.4, -0.2) is 62.5 Å². The number of nitrogen functional groups attached to an aromatic ring is 1. The summed E-state index contributed by atoms with van der Waals surface area (Å²) in [5, 5.41) is 1.54. The number of likely N-dealkylation sites (tertiary alicyclic amines) is 2. The van der Waals surface area contributed by atoms with Crippen LogP contribution in [0.3, 0.4) is 0 Å². The predicted octanol–water partition coefficient (Wildman–Crippen LogP) is 3.64. The number of amides is 1. The molecule has 2 fully saturated rings. The number of rotatable bonds is 3. The molecule has 180 valence electrons. The van der Waals surface area contributed by atoms with Crippen LogP contribution in [0.2, 0.25) is 5.02 Å². The fourth-order valence-corrected chi connectivity index (χ4v) is 5.27. The van der Waals surface area contributed by atoms with Crippen LogP contribution in [-0.2, 0) is 11.8 Å². The number of halogens is 1. The average molecular weight is 489 g/mol. The molecule has 1 amide bonds. The van der Waals surface area contributed by atoms with Crippen LogP contribution in [0.5, 0.6) is 0 Å². The Balaban J connectivity index is 1.38. The van der Waals surface area contributed by atoms with E-state index in [1.165, 1.54) is 12.4 Å². The topological polar surface area (TPSA) is 80.3 Å². The maximum atomic E-state index is 11.8. The van der Waals surface area contributed by atoms with Crippen LogP contribution >= 0.6 is 11.6 Å². The van der Waals surface area contributed by atoms with Crippen molar-refractivity contribution in [2.24, 2.45) is 13.0 Å². The highest BCUT2D eigenvalue weighted by Crippen LogP contribution is 2.37. The van der Waals surface area contributed by atoms with Gasteiger partial charge in [0.15, 0.2) is 0 Å². The van der Waals surface area contributed by atoms with Crippen LogP contribution in [0.25, 0.3) is 22.2 Å². The van der Waals surface area contributed by atoms with E-state index in [4.69, 9.17) is 17.3 Å². The summed E-state index contributed by atoms with van der Waals surface area (Å²) in [4.78, 5) is 24.9. The van der Waals surface area contributed by atoms with Crippen molar-refractivity contribution in [2.45, 2.75) is 25.8 Å². The first-order valence-corrected chi connectivity index (χ1v) is 12.3. The van der Waals surface area contributed by atoms with Gasteiger partial charge in [0.1, 0.15) is 23.5 Å². The number of piperidine rings is 1. The Bertz CT molecular complexity index is 1370. The molecule has 0 saturated carbocycles. The maximum absolute atomic E-state index is 11.8. The second-order valence-electron chi connectivity index (χ2n) is 9.38. The molecule has 0 bridgehead atoms. The lowest BCUT2D eigenvalue weighted by molar-refractivity contribution is -0.127. The Labute approximate surface area is 210 Å². The van der Waals surface area contributed by atoms with Crippen LogP contribution in [0.4, 0.5) is 5.82 Å². The minimum atomic E-state index is 0.0303. The van der Waals surface area contributed by atoms with E-state index in [0.717, 1.165) is 77.5 Å². The highest BCUT2D eigenvalue weighted by atomic mass is 35.5. The van der Waals surface area contributed by atoms with Crippen LogP contribution in [0.15, 0.2) is 37.2 Å². The summed E-state index contributed by atoms with van der Waals surface area (Å²) in [5.41, 5.74) is 10.9. The van der Waals surface area contributed by atoms with Crippen molar-refractivity contribution in [1.82, 2.24) is 24.3 Å². The van der Waals surface area contributed by atoms with Crippen molar-refractivity contribution < 1.29 is 4.79 Å². The van der Waals surface area contributed by atoms with Crippen molar-refractivity contribution in [2.75, 3.05) is 31.9 Å². The first-order chi connectivity index (χ1) is 16.9. The van der Waals surface area contributed by atoms with Crippen molar-refractivity contribution in [3.8, 4) is 23.0 Å². The second-order valence-corrected chi connectivity index (χ2v) is 9.79. The van der Waals surface area contributed by atoms with E-state index in [1.54, 1.807) is 0 Å². The van der Waals surface area contributed by atoms with Crippen molar-refractivity contribution in [1.29, 1.82) is 0 Å². The molecule has 4 heterocycles. The summed E-state index contributed by atoms with van der Waals surface area (Å²) in [6.45, 7) is 9.08. The molecule has 8 heteroatoms. The molecule has 2 N–H and O–H groups in total. The molecule has 2 aliphatic heterocycles. The predicted molar refractivity (Wildman–Crippen MR) is 140 cm³/mol. The summed E-state index contributed by atoms with van der Waals surface area (Å²) in [5.74, 6) is 7.73. The van der Waals surface area contributed by atoms with Gasteiger partial charge in [-0.15, -0.1) is 0 Å².